The molecule has 0 spiro atoms. The van der Waals surface area contributed by atoms with Gasteiger partial charge in [-0.15, -0.1) is 18.2 Å². The quantitative estimate of drug-likeness (QED) is 0.617. The first-order valence-corrected chi connectivity index (χ1v) is 4.71. The molecule has 0 aromatic carbocycles. The van der Waals surface area contributed by atoms with Crippen LogP contribution in [-0.2, 0) is 0 Å². The Balaban J connectivity index is 2.66. The van der Waals surface area contributed by atoms with Gasteiger partial charge in [0.15, 0.2) is 5.76 Å². The first kappa shape index (κ1) is 10.9. The highest BCUT2D eigenvalue weighted by Gasteiger charge is 2.12. The molecule has 3 nitrogen and oxygen atoms in total. The molecule has 0 saturated heterocycles. The maximum Gasteiger partial charge on any atom is 0.287 e. The Hall–Kier alpha value is -1.22. The summed E-state index contributed by atoms with van der Waals surface area (Å²) in [4.78, 5) is 11.3. The molecule has 0 aliphatic heterocycles. The minimum absolute atomic E-state index is 0.226. The molecule has 0 radical (unpaired) electrons. The van der Waals surface area contributed by atoms with E-state index < -0.39 is 0 Å². The maximum absolute atomic E-state index is 11.3. The molecular formula is C10H12ClNO2. The number of furan rings is 1. The van der Waals surface area contributed by atoms with Crippen molar-refractivity contribution in [1.82, 2.24) is 5.32 Å². The molecule has 1 unspecified atom stereocenters. The smallest absolute Gasteiger partial charge is 0.287 e. The maximum atomic E-state index is 11.3. The summed E-state index contributed by atoms with van der Waals surface area (Å²) in [6, 6.07) is 3.30. The highest BCUT2D eigenvalue weighted by Crippen LogP contribution is 2.21. The van der Waals surface area contributed by atoms with E-state index in [0.717, 1.165) is 0 Å². The fourth-order valence-corrected chi connectivity index (χ4v) is 1.06. The summed E-state index contributed by atoms with van der Waals surface area (Å²) in [7, 11) is 0. The number of carbonyl (C=O) groups is 1. The molecule has 1 aromatic rings. The summed E-state index contributed by atoms with van der Waals surface area (Å²) in [5.74, 6) is 0.609. The summed E-state index contributed by atoms with van der Waals surface area (Å²) in [5, 5.41) is 2.38. The first-order valence-electron chi connectivity index (χ1n) is 4.28. The van der Waals surface area contributed by atoms with E-state index >= 15 is 0 Å². The van der Waals surface area contributed by atoms with Crippen LogP contribution >= 0.6 is 11.6 Å². The second-order valence-electron chi connectivity index (χ2n) is 2.82. The number of halogens is 1. The van der Waals surface area contributed by atoms with Crippen LogP contribution in [0.25, 0.3) is 0 Å². The third kappa shape index (κ3) is 2.64. The normalized spacial score (nSPS) is 12.1. The standard InChI is InChI=1S/C10H12ClNO2/c1-3-6-12-10(13)9-5-4-8(14-9)7(2)11/h3-5,7H,1,6H2,2H3,(H,12,13). The van der Waals surface area contributed by atoms with Crippen molar-refractivity contribution in [2.75, 3.05) is 6.54 Å². The molecule has 4 heteroatoms. The van der Waals surface area contributed by atoms with Gasteiger partial charge >= 0.3 is 0 Å². The fourth-order valence-electron chi connectivity index (χ4n) is 0.941. The number of carbonyl (C=O) groups excluding carboxylic acids is 1. The second kappa shape index (κ2) is 4.86. The van der Waals surface area contributed by atoms with Crippen LogP contribution in [0, 0.1) is 0 Å². The van der Waals surface area contributed by atoms with E-state index in [2.05, 4.69) is 11.9 Å². The van der Waals surface area contributed by atoms with Crippen molar-refractivity contribution in [2.45, 2.75) is 12.3 Å². The number of alkyl halides is 1. The zero-order valence-electron chi connectivity index (χ0n) is 7.92. The minimum Gasteiger partial charge on any atom is -0.454 e. The van der Waals surface area contributed by atoms with Crippen molar-refractivity contribution in [3.63, 3.8) is 0 Å². The van der Waals surface area contributed by atoms with E-state index in [1.54, 1.807) is 25.1 Å². The van der Waals surface area contributed by atoms with E-state index in [9.17, 15) is 4.79 Å². The number of rotatable bonds is 4. The van der Waals surface area contributed by atoms with Gasteiger partial charge in [0, 0.05) is 6.54 Å². The molecule has 0 bridgehead atoms. The van der Waals surface area contributed by atoms with Crippen LogP contribution in [0.4, 0.5) is 0 Å². The van der Waals surface area contributed by atoms with Gasteiger partial charge in [-0.05, 0) is 19.1 Å². The molecule has 1 atom stereocenters. The van der Waals surface area contributed by atoms with Gasteiger partial charge in [0.2, 0.25) is 0 Å². The first-order chi connectivity index (χ1) is 6.65. The van der Waals surface area contributed by atoms with Crippen LogP contribution in [0.1, 0.15) is 28.6 Å². The largest absolute Gasteiger partial charge is 0.454 e. The van der Waals surface area contributed by atoms with E-state index in [1.165, 1.54) is 0 Å². The van der Waals surface area contributed by atoms with Gasteiger partial charge in [0.25, 0.3) is 5.91 Å². The van der Waals surface area contributed by atoms with Crippen LogP contribution in [0.5, 0.6) is 0 Å². The van der Waals surface area contributed by atoms with E-state index in [0.29, 0.717) is 12.3 Å². The Morgan fingerprint density at radius 1 is 1.79 bits per heavy atom. The fraction of sp³-hybridized carbons (Fsp3) is 0.300. The Kier molecular flexibility index (Phi) is 3.77. The SMILES string of the molecule is C=CCNC(=O)c1ccc(C(C)Cl)o1. The van der Waals surface area contributed by atoms with Gasteiger partial charge in [-0.1, -0.05) is 6.08 Å². The van der Waals surface area contributed by atoms with Crippen LogP contribution in [0.2, 0.25) is 0 Å². The van der Waals surface area contributed by atoms with Gasteiger partial charge in [0.05, 0.1) is 5.38 Å². The van der Waals surface area contributed by atoms with Gasteiger partial charge in [-0.3, -0.25) is 4.79 Å². The van der Waals surface area contributed by atoms with Crippen LogP contribution in [-0.4, -0.2) is 12.5 Å². The van der Waals surface area contributed by atoms with Crippen molar-refractivity contribution < 1.29 is 9.21 Å². The predicted octanol–water partition coefficient (Wildman–Crippen LogP) is 2.50. The molecule has 0 fully saturated rings. The molecule has 76 valence electrons. The Morgan fingerprint density at radius 2 is 2.50 bits per heavy atom. The van der Waals surface area contributed by atoms with Gasteiger partial charge in [-0.2, -0.15) is 0 Å². The van der Waals surface area contributed by atoms with Crippen molar-refractivity contribution in [1.29, 1.82) is 0 Å². The molecule has 0 aliphatic carbocycles. The van der Waals surface area contributed by atoms with E-state index in [-0.39, 0.29) is 17.0 Å². The van der Waals surface area contributed by atoms with Crippen molar-refractivity contribution in [3.8, 4) is 0 Å². The zero-order chi connectivity index (χ0) is 10.6. The average molecular weight is 214 g/mol. The average Bonchev–Trinajstić information content (AvgIpc) is 2.62. The Bertz CT molecular complexity index is 331. The number of nitrogens with one attached hydrogen (secondary N) is 1. The van der Waals surface area contributed by atoms with Crippen molar-refractivity contribution in [3.05, 3.63) is 36.3 Å². The molecule has 0 saturated carbocycles. The monoisotopic (exact) mass is 213 g/mol. The lowest BCUT2D eigenvalue weighted by molar-refractivity contribution is 0.0928. The minimum atomic E-state index is -0.256. The third-order valence-corrected chi connectivity index (χ3v) is 1.86. The van der Waals surface area contributed by atoms with E-state index in [1.807, 2.05) is 0 Å². The van der Waals surface area contributed by atoms with Crippen molar-refractivity contribution in [2.24, 2.45) is 0 Å². The molecule has 1 amide bonds. The lowest BCUT2D eigenvalue weighted by Crippen LogP contribution is -2.22. The Morgan fingerprint density at radius 3 is 3.00 bits per heavy atom. The topological polar surface area (TPSA) is 42.2 Å². The highest BCUT2D eigenvalue weighted by atomic mass is 35.5. The van der Waals surface area contributed by atoms with Crippen molar-refractivity contribution >= 4 is 17.5 Å². The second-order valence-corrected chi connectivity index (χ2v) is 3.47. The predicted molar refractivity (Wildman–Crippen MR) is 55.5 cm³/mol. The number of hydrogen-bond acceptors (Lipinski definition) is 2. The third-order valence-electron chi connectivity index (χ3n) is 1.65. The molecule has 1 heterocycles. The molecule has 0 aliphatic rings. The van der Waals surface area contributed by atoms with Gasteiger partial charge < -0.3 is 9.73 Å². The number of hydrogen-bond donors (Lipinski definition) is 1. The molecule has 1 aromatic heterocycles. The number of amides is 1. The van der Waals surface area contributed by atoms with Crippen LogP contribution < -0.4 is 5.32 Å². The molecule has 1 N–H and O–H groups in total. The molecule has 1 rings (SSSR count). The molecular weight excluding hydrogens is 202 g/mol. The highest BCUT2D eigenvalue weighted by molar-refractivity contribution is 6.20. The summed E-state index contributed by atoms with van der Waals surface area (Å²) in [5.41, 5.74) is 0. The zero-order valence-corrected chi connectivity index (χ0v) is 8.67. The van der Waals surface area contributed by atoms with Gasteiger partial charge in [-0.25, -0.2) is 0 Å². The molecule has 14 heavy (non-hydrogen) atoms. The summed E-state index contributed by atoms with van der Waals surface area (Å²) >= 11 is 5.78. The lowest BCUT2D eigenvalue weighted by Gasteiger charge is -1.99. The summed E-state index contributed by atoms with van der Waals surface area (Å²) in [6.45, 7) is 5.70. The van der Waals surface area contributed by atoms with Crippen LogP contribution in [0.15, 0.2) is 29.2 Å². The Labute approximate surface area is 87.7 Å². The van der Waals surface area contributed by atoms with E-state index in [4.69, 9.17) is 16.0 Å². The summed E-state index contributed by atoms with van der Waals surface area (Å²) in [6.07, 6.45) is 1.60. The van der Waals surface area contributed by atoms with Crippen LogP contribution in [0.3, 0.4) is 0 Å². The summed E-state index contributed by atoms with van der Waals surface area (Å²) < 4.78 is 5.23. The van der Waals surface area contributed by atoms with Gasteiger partial charge in [0.1, 0.15) is 5.76 Å². The lowest BCUT2D eigenvalue weighted by atomic mass is 10.3.